The fourth-order valence-corrected chi connectivity index (χ4v) is 4.27. The van der Waals surface area contributed by atoms with Gasteiger partial charge in [-0.3, -0.25) is 0 Å². The van der Waals surface area contributed by atoms with Gasteiger partial charge in [0.25, 0.3) is 0 Å². The van der Waals surface area contributed by atoms with Crippen LogP contribution in [-0.2, 0) is 10.0 Å². The monoisotopic (exact) mass is 363 g/mol. The lowest BCUT2D eigenvalue weighted by Gasteiger charge is -2.26. The zero-order chi connectivity index (χ0) is 12.1. The van der Waals surface area contributed by atoms with E-state index in [2.05, 4.69) is 36.6 Å². The predicted octanol–water partition coefficient (Wildman–Crippen LogP) is 2.50. The second kappa shape index (κ2) is 6.57. The van der Waals surface area contributed by atoms with Crippen LogP contribution in [0.3, 0.4) is 0 Å². The van der Waals surface area contributed by atoms with Gasteiger partial charge in [-0.2, -0.15) is 0 Å². The molecule has 0 fully saturated rings. The third-order valence-electron chi connectivity index (χ3n) is 1.96. The summed E-state index contributed by atoms with van der Waals surface area (Å²) in [6, 6.07) is 0. The van der Waals surface area contributed by atoms with E-state index in [1.54, 1.807) is 0 Å². The molecule has 1 N–H and O–H groups in total. The number of sulfonamides is 1. The van der Waals surface area contributed by atoms with Gasteiger partial charge in [0, 0.05) is 16.2 Å². The van der Waals surface area contributed by atoms with Gasteiger partial charge in [-0.25, -0.2) is 13.1 Å². The standard InChI is InChI=1S/C9H19Br2NO2S/c1-8(2)4-5-15(13,14)12-9(3,6-10)7-11/h8,12H,4-7H2,1-3H3. The SMILES string of the molecule is CC(C)CCS(=O)(=O)NC(C)(CBr)CBr. The Morgan fingerprint density at radius 2 is 1.73 bits per heavy atom. The molecule has 0 unspecified atom stereocenters. The van der Waals surface area contributed by atoms with Crippen molar-refractivity contribution in [2.75, 3.05) is 16.4 Å². The van der Waals surface area contributed by atoms with E-state index in [-0.39, 0.29) is 5.75 Å². The van der Waals surface area contributed by atoms with Crippen molar-refractivity contribution in [3.63, 3.8) is 0 Å². The first-order chi connectivity index (χ1) is 6.74. The number of hydrogen-bond acceptors (Lipinski definition) is 2. The van der Waals surface area contributed by atoms with Crippen molar-refractivity contribution in [1.29, 1.82) is 0 Å². The van der Waals surface area contributed by atoms with Crippen LogP contribution in [0, 0.1) is 5.92 Å². The molecule has 0 saturated carbocycles. The molecule has 0 saturated heterocycles. The van der Waals surface area contributed by atoms with Crippen molar-refractivity contribution in [3.8, 4) is 0 Å². The van der Waals surface area contributed by atoms with Gasteiger partial charge in [0.05, 0.1) is 5.75 Å². The minimum absolute atomic E-state index is 0.195. The third-order valence-corrected chi connectivity index (χ3v) is 6.01. The average molecular weight is 365 g/mol. The molecule has 0 aliphatic rings. The molecule has 0 radical (unpaired) electrons. The van der Waals surface area contributed by atoms with Gasteiger partial charge in [0.2, 0.25) is 10.0 Å². The zero-order valence-electron chi connectivity index (χ0n) is 9.39. The molecule has 0 atom stereocenters. The summed E-state index contributed by atoms with van der Waals surface area (Å²) >= 11 is 6.62. The minimum Gasteiger partial charge on any atom is -0.212 e. The van der Waals surface area contributed by atoms with E-state index in [0.717, 1.165) is 0 Å². The largest absolute Gasteiger partial charge is 0.212 e. The maximum atomic E-state index is 11.7. The molecule has 92 valence electrons. The molecule has 3 nitrogen and oxygen atoms in total. The number of halogens is 2. The Labute approximate surface area is 110 Å². The molecule has 0 aliphatic carbocycles. The molecule has 0 aromatic rings. The lowest BCUT2D eigenvalue weighted by Crippen LogP contribution is -2.49. The molecular weight excluding hydrogens is 346 g/mol. The predicted molar refractivity (Wildman–Crippen MR) is 72.4 cm³/mol. The Morgan fingerprint density at radius 1 is 1.27 bits per heavy atom. The lowest BCUT2D eigenvalue weighted by atomic mass is 10.1. The number of hydrogen-bond donors (Lipinski definition) is 1. The first-order valence-electron chi connectivity index (χ1n) is 4.88. The molecule has 6 heteroatoms. The Bertz CT molecular complexity index is 274. The minimum atomic E-state index is -3.17. The Morgan fingerprint density at radius 3 is 2.07 bits per heavy atom. The van der Waals surface area contributed by atoms with Gasteiger partial charge in [0.1, 0.15) is 0 Å². The summed E-state index contributed by atoms with van der Waals surface area (Å²) in [6.45, 7) is 5.90. The topological polar surface area (TPSA) is 46.2 Å². The van der Waals surface area contributed by atoms with Gasteiger partial charge >= 0.3 is 0 Å². The second-order valence-corrected chi connectivity index (χ2v) is 7.39. The Hall–Kier alpha value is 0.870. The summed E-state index contributed by atoms with van der Waals surface area (Å²) in [5.41, 5.74) is -0.449. The Balaban J connectivity index is 4.37. The molecule has 0 heterocycles. The molecule has 0 aromatic heterocycles. The van der Waals surface area contributed by atoms with Crippen LogP contribution in [-0.4, -0.2) is 30.4 Å². The van der Waals surface area contributed by atoms with E-state index >= 15 is 0 Å². The first kappa shape index (κ1) is 15.9. The zero-order valence-corrected chi connectivity index (χ0v) is 13.4. The maximum Gasteiger partial charge on any atom is 0.212 e. The lowest BCUT2D eigenvalue weighted by molar-refractivity contribution is 0.502. The van der Waals surface area contributed by atoms with E-state index in [1.807, 2.05) is 20.8 Å². The molecule has 0 bridgehead atoms. The first-order valence-corrected chi connectivity index (χ1v) is 8.78. The highest BCUT2D eigenvalue weighted by molar-refractivity contribution is 9.09. The van der Waals surface area contributed by atoms with Crippen LogP contribution in [0.25, 0.3) is 0 Å². The fourth-order valence-electron chi connectivity index (χ4n) is 0.908. The number of nitrogens with one attached hydrogen (secondary N) is 1. The van der Waals surface area contributed by atoms with Gasteiger partial charge in [-0.1, -0.05) is 45.7 Å². The second-order valence-electron chi connectivity index (χ2n) is 4.43. The van der Waals surface area contributed by atoms with Gasteiger partial charge in [-0.05, 0) is 19.3 Å². The normalized spacial score (nSPS) is 13.5. The molecule has 15 heavy (non-hydrogen) atoms. The van der Waals surface area contributed by atoms with Crippen LogP contribution in [0.4, 0.5) is 0 Å². The van der Waals surface area contributed by atoms with Crippen LogP contribution in [0.5, 0.6) is 0 Å². The van der Waals surface area contributed by atoms with Gasteiger partial charge < -0.3 is 0 Å². The van der Waals surface area contributed by atoms with Gasteiger partial charge in [0.15, 0.2) is 0 Å². The summed E-state index contributed by atoms with van der Waals surface area (Å²) in [5, 5.41) is 1.18. The summed E-state index contributed by atoms with van der Waals surface area (Å²) in [7, 11) is -3.17. The summed E-state index contributed by atoms with van der Waals surface area (Å²) in [4.78, 5) is 0. The highest BCUT2D eigenvalue weighted by Gasteiger charge is 2.27. The van der Waals surface area contributed by atoms with Crippen LogP contribution in [0.15, 0.2) is 0 Å². The summed E-state index contributed by atoms with van der Waals surface area (Å²) < 4.78 is 26.1. The summed E-state index contributed by atoms with van der Waals surface area (Å²) in [6.07, 6.45) is 0.690. The van der Waals surface area contributed by atoms with Crippen LogP contribution in [0.2, 0.25) is 0 Å². The summed E-state index contributed by atoms with van der Waals surface area (Å²) in [5.74, 6) is 0.598. The smallest absolute Gasteiger partial charge is 0.212 e. The third kappa shape index (κ3) is 6.92. The molecule has 0 aliphatic heterocycles. The highest BCUT2D eigenvalue weighted by Crippen LogP contribution is 2.14. The molecule has 0 spiro atoms. The van der Waals surface area contributed by atoms with Gasteiger partial charge in [-0.15, -0.1) is 0 Å². The number of alkyl halides is 2. The van der Waals surface area contributed by atoms with Crippen LogP contribution >= 0.6 is 31.9 Å². The van der Waals surface area contributed by atoms with E-state index in [1.165, 1.54) is 0 Å². The molecular formula is C9H19Br2NO2S. The van der Waals surface area contributed by atoms with Crippen molar-refractivity contribution in [2.24, 2.45) is 5.92 Å². The van der Waals surface area contributed by atoms with Crippen molar-refractivity contribution >= 4 is 41.9 Å². The molecule has 0 aromatic carbocycles. The Kier molecular flexibility index (Phi) is 6.95. The van der Waals surface area contributed by atoms with E-state index in [4.69, 9.17) is 0 Å². The van der Waals surface area contributed by atoms with Crippen molar-refractivity contribution in [1.82, 2.24) is 4.72 Å². The average Bonchev–Trinajstić information content (AvgIpc) is 2.14. The van der Waals surface area contributed by atoms with Crippen molar-refractivity contribution < 1.29 is 8.42 Å². The number of rotatable bonds is 7. The maximum absolute atomic E-state index is 11.7. The van der Waals surface area contributed by atoms with Crippen LogP contribution in [0.1, 0.15) is 27.2 Å². The van der Waals surface area contributed by atoms with Crippen molar-refractivity contribution in [3.05, 3.63) is 0 Å². The highest BCUT2D eigenvalue weighted by atomic mass is 79.9. The molecule has 0 rings (SSSR count). The van der Waals surface area contributed by atoms with E-state index in [0.29, 0.717) is 23.0 Å². The van der Waals surface area contributed by atoms with Crippen molar-refractivity contribution in [2.45, 2.75) is 32.7 Å². The van der Waals surface area contributed by atoms with Crippen LogP contribution < -0.4 is 4.72 Å². The quantitative estimate of drug-likeness (QED) is 0.705. The van der Waals surface area contributed by atoms with E-state index < -0.39 is 15.6 Å². The molecule has 0 amide bonds. The fraction of sp³-hybridized carbons (Fsp3) is 1.00. The van der Waals surface area contributed by atoms with E-state index in [9.17, 15) is 8.42 Å².